The van der Waals surface area contributed by atoms with E-state index in [1.807, 2.05) is 35.0 Å². The summed E-state index contributed by atoms with van der Waals surface area (Å²) in [6.45, 7) is 1.91. The molecule has 8 nitrogen and oxygen atoms in total. The van der Waals surface area contributed by atoms with Crippen LogP contribution in [0.5, 0.6) is 5.75 Å². The molecule has 1 aliphatic carbocycles. The first-order valence-electron chi connectivity index (χ1n) is 12.4. The fourth-order valence-electron chi connectivity index (χ4n) is 5.02. The Kier molecular flexibility index (Phi) is 7.18. The number of rotatable bonds is 9. The minimum absolute atomic E-state index is 0.0600. The number of pyridine rings is 1. The maximum Gasteiger partial charge on any atom is 0.252 e. The lowest BCUT2D eigenvalue weighted by Crippen LogP contribution is -2.38. The second-order valence-corrected chi connectivity index (χ2v) is 9.33. The molecule has 2 heterocycles. The van der Waals surface area contributed by atoms with Gasteiger partial charge in [-0.2, -0.15) is 0 Å². The number of fused-ring (bicyclic) bond motifs is 1. The summed E-state index contributed by atoms with van der Waals surface area (Å²) in [6, 6.07) is 18.6. The smallest absolute Gasteiger partial charge is 0.252 e. The zero-order chi connectivity index (χ0) is 24.0. The van der Waals surface area contributed by atoms with E-state index in [0.29, 0.717) is 19.1 Å². The van der Waals surface area contributed by atoms with Gasteiger partial charge in [0.25, 0.3) is 5.56 Å². The lowest BCUT2D eigenvalue weighted by Gasteiger charge is -2.33. The van der Waals surface area contributed by atoms with Gasteiger partial charge in [-0.15, -0.1) is 5.10 Å². The summed E-state index contributed by atoms with van der Waals surface area (Å²) in [5, 5.41) is 13.6. The summed E-state index contributed by atoms with van der Waals surface area (Å²) in [6.07, 6.45) is 6.85. The summed E-state index contributed by atoms with van der Waals surface area (Å²) >= 11 is 0. The number of H-pyrrole nitrogens is 1. The summed E-state index contributed by atoms with van der Waals surface area (Å²) in [5.41, 5.74) is 2.75. The highest BCUT2D eigenvalue weighted by Gasteiger charge is 2.24. The number of benzene rings is 2. The number of tetrazole rings is 1. The fraction of sp³-hybridized carbons (Fsp3) is 0.407. The molecule has 1 N–H and O–H groups in total. The summed E-state index contributed by atoms with van der Waals surface area (Å²) in [7, 11) is 1.63. The van der Waals surface area contributed by atoms with E-state index in [-0.39, 0.29) is 5.56 Å². The van der Waals surface area contributed by atoms with Crippen molar-refractivity contribution < 1.29 is 4.74 Å². The molecule has 0 spiro atoms. The lowest BCUT2D eigenvalue weighted by molar-refractivity contribution is 0.133. The number of hydrogen-bond acceptors (Lipinski definition) is 6. The first kappa shape index (κ1) is 23.2. The Bertz CT molecular complexity index is 1310. The molecule has 2 aromatic carbocycles. The van der Waals surface area contributed by atoms with Gasteiger partial charge in [-0.3, -0.25) is 9.69 Å². The molecule has 0 unspecified atom stereocenters. The summed E-state index contributed by atoms with van der Waals surface area (Å²) in [5.74, 6) is 1.57. The van der Waals surface area contributed by atoms with Gasteiger partial charge in [0.05, 0.1) is 19.2 Å². The topological polar surface area (TPSA) is 88.9 Å². The molecule has 1 saturated carbocycles. The van der Waals surface area contributed by atoms with Crippen molar-refractivity contribution in [2.45, 2.75) is 64.2 Å². The molecule has 2 aromatic heterocycles. The third-order valence-corrected chi connectivity index (χ3v) is 7.00. The Morgan fingerprint density at radius 2 is 1.89 bits per heavy atom. The standard InChI is InChI=1S/C27H32N6O2/c1-35-24-13-12-21-16-22(27(34)28-25(21)17-24)18-32(23-10-6-3-7-11-23)19-26-29-30-31-33(26)15-14-20-8-4-2-5-9-20/h2,4-5,8-9,12-13,16-17,23H,3,6-7,10-11,14-15,18-19H2,1H3,(H,28,34). The van der Waals surface area contributed by atoms with Crippen LogP contribution in [0.15, 0.2) is 59.4 Å². The largest absolute Gasteiger partial charge is 0.497 e. The van der Waals surface area contributed by atoms with Crippen LogP contribution in [-0.4, -0.2) is 43.2 Å². The fourth-order valence-corrected chi connectivity index (χ4v) is 5.02. The van der Waals surface area contributed by atoms with Gasteiger partial charge < -0.3 is 9.72 Å². The van der Waals surface area contributed by atoms with E-state index < -0.39 is 0 Å². The molecule has 8 heteroatoms. The van der Waals surface area contributed by atoms with E-state index >= 15 is 0 Å². The van der Waals surface area contributed by atoms with Gasteiger partial charge >= 0.3 is 0 Å². The Morgan fingerprint density at radius 3 is 2.69 bits per heavy atom. The molecular formula is C27H32N6O2. The normalized spacial score (nSPS) is 14.6. The van der Waals surface area contributed by atoms with Gasteiger partial charge in [-0.25, -0.2) is 4.68 Å². The van der Waals surface area contributed by atoms with Crippen LogP contribution in [0.3, 0.4) is 0 Å². The zero-order valence-electron chi connectivity index (χ0n) is 20.2. The molecule has 0 atom stereocenters. The molecule has 0 saturated heterocycles. The third kappa shape index (κ3) is 5.59. The van der Waals surface area contributed by atoms with Crippen LogP contribution >= 0.6 is 0 Å². The average Bonchev–Trinajstić information content (AvgIpc) is 3.35. The second-order valence-electron chi connectivity index (χ2n) is 9.33. The maximum absolute atomic E-state index is 13.0. The molecule has 0 aliphatic heterocycles. The first-order valence-corrected chi connectivity index (χ1v) is 12.4. The quantitative estimate of drug-likeness (QED) is 0.395. The van der Waals surface area contributed by atoms with E-state index in [1.54, 1.807) is 7.11 Å². The number of methoxy groups -OCH3 is 1. The summed E-state index contributed by atoms with van der Waals surface area (Å²) in [4.78, 5) is 18.4. The zero-order valence-corrected chi connectivity index (χ0v) is 20.2. The van der Waals surface area contributed by atoms with E-state index in [9.17, 15) is 4.79 Å². The van der Waals surface area contributed by atoms with Gasteiger partial charge in [0.2, 0.25) is 0 Å². The number of nitrogens with one attached hydrogen (secondary N) is 1. The highest BCUT2D eigenvalue weighted by Crippen LogP contribution is 2.26. The second kappa shape index (κ2) is 10.8. The third-order valence-electron chi connectivity index (χ3n) is 7.00. The molecule has 0 radical (unpaired) electrons. The molecule has 182 valence electrons. The lowest BCUT2D eigenvalue weighted by atomic mass is 9.93. The number of aromatic nitrogens is 5. The van der Waals surface area contributed by atoms with Crippen LogP contribution in [0.2, 0.25) is 0 Å². The van der Waals surface area contributed by atoms with Crippen molar-refractivity contribution in [1.29, 1.82) is 0 Å². The number of hydrogen-bond donors (Lipinski definition) is 1. The van der Waals surface area contributed by atoms with Crippen molar-refractivity contribution >= 4 is 10.9 Å². The predicted octanol–water partition coefficient (Wildman–Crippen LogP) is 4.10. The van der Waals surface area contributed by atoms with Gasteiger partial charge in [-0.05, 0) is 58.8 Å². The van der Waals surface area contributed by atoms with Gasteiger partial charge in [0.15, 0.2) is 5.82 Å². The average molecular weight is 473 g/mol. The van der Waals surface area contributed by atoms with Crippen molar-refractivity contribution in [1.82, 2.24) is 30.1 Å². The highest BCUT2D eigenvalue weighted by molar-refractivity contribution is 5.80. The Balaban J connectivity index is 1.38. The van der Waals surface area contributed by atoms with Crippen molar-refractivity contribution in [2.24, 2.45) is 0 Å². The van der Waals surface area contributed by atoms with E-state index in [2.05, 4.69) is 49.7 Å². The number of nitrogens with zero attached hydrogens (tertiary/aromatic N) is 5. The van der Waals surface area contributed by atoms with Crippen molar-refractivity contribution in [3.63, 3.8) is 0 Å². The van der Waals surface area contributed by atoms with Crippen molar-refractivity contribution in [3.8, 4) is 5.75 Å². The Hall–Kier alpha value is -3.52. The predicted molar refractivity (Wildman–Crippen MR) is 135 cm³/mol. The molecular weight excluding hydrogens is 440 g/mol. The van der Waals surface area contributed by atoms with E-state index in [1.165, 1.54) is 24.8 Å². The molecule has 0 bridgehead atoms. The van der Waals surface area contributed by atoms with E-state index in [4.69, 9.17) is 4.74 Å². The SMILES string of the molecule is COc1ccc2cc(CN(Cc3nnnn3CCc3ccccc3)C3CCCCC3)c(=O)[nH]c2c1. The highest BCUT2D eigenvalue weighted by atomic mass is 16.5. The van der Waals surface area contributed by atoms with Crippen LogP contribution in [0.25, 0.3) is 10.9 Å². The van der Waals surface area contributed by atoms with Crippen molar-refractivity contribution in [3.05, 3.63) is 81.9 Å². The molecule has 5 rings (SSSR count). The Labute approximate surface area is 204 Å². The number of aromatic amines is 1. The number of ether oxygens (including phenoxy) is 1. The van der Waals surface area contributed by atoms with Crippen LogP contribution in [-0.2, 0) is 26.1 Å². The minimum Gasteiger partial charge on any atom is -0.497 e. The van der Waals surface area contributed by atoms with Gasteiger partial charge in [-0.1, -0.05) is 49.6 Å². The van der Waals surface area contributed by atoms with Gasteiger partial charge in [0, 0.05) is 30.8 Å². The molecule has 35 heavy (non-hydrogen) atoms. The van der Waals surface area contributed by atoms with Crippen LogP contribution in [0, 0.1) is 0 Å². The first-order chi connectivity index (χ1) is 17.2. The van der Waals surface area contributed by atoms with Crippen LogP contribution in [0.1, 0.15) is 49.1 Å². The van der Waals surface area contributed by atoms with Crippen LogP contribution in [0.4, 0.5) is 0 Å². The van der Waals surface area contributed by atoms with Crippen LogP contribution < -0.4 is 10.3 Å². The number of aryl methyl sites for hydroxylation is 2. The minimum atomic E-state index is -0.0600. The van der Waals surface area contributed by atoms with Gasteiger partial charge in [0.1, 0.15) is 5.75 Å². The van der Waals surface area contributed by atoms with Crippen molar-refractivity contribution in [2.75, 3.05) is 7.11 Å². The van der Waals surface area contributed by atoms with E-state index in [0.717, 1.165) is 53.8 Å². The molecule has 0 amide bonds. The monoisotopic (exact) mass is 472 g/mol. The summed E-state index contributed by atoms with van der Waals surface area (Å²) < 4.78 is 7.21. The maximum atomic E-state index is 13.0. The molecule has 1 aliphatic rings. The Morgan fingerprint density at radius 1 is 1.06 bits per heavy atom. The molecule has 1 fully saturated rings. The molecule has 4 aromatic rings.